The van der Waals surface area contributed by atoms with Gasteiger partial charge in [-0.05, 0) is 44.0 Å². The van der Waals surface area contributed by atoms with Crippen LogP contribution in [0.2, 0.25) is 0 Å². The summed E-state index contributed by atoms with van der Waals surface area (Å²) < 4.78 is 13.9. The van der Waals surface area contributed by atoms with Gasteiger partial charge in [-0.2, -0.15) is 0 Å². The Labute approximate surface area is 84.7 Å². The first kappa shape index (κ1) is 9.67. The Morgan fingerprint density at radius 3 is 2.33 bits per heavy atom. The van der Waals surface area contributed by atoms with Crippen LogP contribution in [0.4, 0.5) is 4.39 Å². The highest BCUT2D eigenvalue weighted by Gasteiger charge is 2.12. The first-order chi connectivity index (χ1) is 5.52. The highest BCUT2D eigenvalue weighted by molar-refractivity contribution is 9.13. The number of aromatic carboxylic acids is 1. The summed E-state index contributed by atoms with van der Waals surface area (Å²) in [4.78, 5) is 10.4. The molecule has 1 aromatic carbocycles. The quantitative estimate of drug-likeness (QED) is 0.809. The molecule has 12 heavy (non-hydrogen) atoms. The lowest BCUT2D eigenvalue weighted by Crippen LogP contribution is -2.00. The van der Waals surface area contributed by atoms with Crippen molar-refractivity contribution >= 4 is 37.8 Å². The smallest absolute Gasteiger partial charge is 0.338 e. The number of carboxylic acid groups (broad SMARTS) is 1. The maximum atomic E-state index is 12.8. The molecule has 0 aliphatic carbocycles. The molecule has 0 aromatic heterocycles. The van der Waals surface area contributed by atoms with Gasteiger partial charge in [0.15, 0.2) is 0 Å². The predicted molar refractivity (Wildman–Crippen MR) is 48.8 cm³/mol. The van der Waals surface area contributed by atoms with Crippen LogP contribution in [0, 0.1) is 5.82 Å². The van der Waals surface area contributed by atoms with Crippen LogP contribution < -0.4 is 0 Å². The van der Waals surface area contributed by atoms with Crippen LogP contribution in [0.25, 0.3) is 0 Å². The van der Waals surface area contributed by atoms with E-state index in [1.807, 2.05) is 0 Å². The third-order valence-electron chi connectivity index (χ3n) is 1.24. The molecule has 2 nitrogen and oxygen atoms in total. The van der Waals surface area contributed by atoms with E-state index in [1.165, 1.54) is 6.07 Å². The molecule has 0 aliphatic rings. The van der Waals surface area contributed by atoms with Crippen LogP contribution in [0.3, 0.4) is 0 Å². The third kappa shape index (κ3) is 1.84. The van der Waals surface area contributed by atoms with Crippen molar-refractivity contribution in [2.45, 2.75) is 0 Å². The van der Waals surface area contributed by atoms with Crippen molar-refractivity contribution in [3.63, 3.8) is 0 Å². The van der Waals surface area contributed by atoms with Gasteiger partial charge in [-0.25, -0.2) is 9.18 Å². The molecular weight excluding hydrogens is 295 g/mol. The molecule has 0 aliphatic heterocycles. The number of carbonyl (C=O) groups is 1. The fourth-order valence-electron chi connectivity index (χ4n) is 0.686. The predicted octanol–water partition coefficient (Wildman–Crippen LogP) is 3.05. The zero-order chi connectivity index (χ0) is 9.30. The van der Waals surface area contributed by atoms with E-state index in [0.29, 0.717) is 8.95 Å². The van der Waals surface area contributed by atoms with E-state index in [4.69, 9.17) is 5.11 Å². The molecule has 1 aromatic rings. The third-order valence-corrected chi connectivity index (χ3v) is 3.08. The number of halogens is 3. The summed E-state index contributed by atoms with van der Waals surface area (Å²) in [7, 11) is 0. The lowest BCUT2D eigenvalue weighted by atomic mass is 10.2. The molecule has 0 amide bonds. The van der Waals surface area contributed by atoms with Crippen LogP contribution in [0.15, 0.2) is 21.1 Å². The maximum Gasteiger partial charge on any atom is 0.338 e. The van der Waals surface area contributed by atoms with Gasteiger partial charge in [0.1, 0.15) is 5.82 Å². The fraction of sp³-hybridized carbons (Fsp3) is 0. The van der Waals surface area contributed by atoms with Gasteiger partial charge in [-0.15, -0.1) is 0 Å². The molecule has 0 fully saturated rings. The summed E-state index contributed by atoms with van der Waals surface area (Å²) in [5.74, 6) is -2.03. The number of hydrogen-bond acceptors (Lipinski definition) is 1. The maximum absolute atomic E-state index is 12.8. The zero-order valence-electron chi connectivity index (χ0n) is 5.64. The minimum absolute atomic E-state index is 0.343. The van der Waals surface area contributed by atoms with E-state index in [1.54, 1.807) is 0 Å². The van der Waals surface area contributed by atoms with E-state index in [0.717, 1.165) is 6.07 Å². The average Bonchev–Trinajstić information content (AvgIpc) is 1.96. The minimum atomic E-state index is -1.28. The Morgan fingerprint density at radius 1 is 1.33 bits per heavy atom. The number of rotatable bonds is 1. The van der Waals surface area contributed by atoms with E-state index in [9.17, 15) is 9.18 Å². The largest absolute Gasteiger partial charge is 0.478 e. The van der Waals surface area contributed by atoms with Gasteiger partial charge in [-0.1, -0.05) is 0 Å². The van der Waals surface area contributed by atoms with Gasteiger partial charge >= 0.3 is 5.97 Å². The van der Waals surface area contributed by atoms with E-state index in [-0.39, 0.29) is 5.56 Å². The Morgan fingerprint density at radius 2 is 1.83 bits per heavy atom. The fourth-order valence-corrected chi connectivity index (χ4v) is 1.35. The number of benzene rings is 1. The molecule has 0 atom stereocenters. The average molecular weight is 298 g/mol. The monoisotopic (exact) mass is 296 g/mol. The number of hydrogen-bond donors (Lipinski definition) is 1. The van der Waals surface area contributed by atoms with Crippen molar-refractivity contribution in [3.05, 3.63) is 32.5 Å². The molecule has 0 saturated heterocycles. The molecule has 0 spiro atoms. The lowest BCUT2D eigenvalue weighted by molar-refractivity contribution is 0.0692. The Bertz CT molecular complexity index is 338. The van der Waals surface area contributed by atoms with Gasteiger partial charge in [0, 0.05) is 8.95 Å². The molecule has 1 N–H and O–H groups in total. The molecule has 64 valence electrons. The minimum Gasteiger partial charge on any atom is -0.478 e. The molecule has 0 bridgehead atoms. The molecular formula is C7H3Br2FO2. The van der Waals surface area contributed by atoms with Crippen LogP contribution in [0.5, 0.6) is 0 Å². The van der Waals surface area contributed by atoms with Crippen LogP contribution >= 0.6 is 31.9 Å². The molecule has 0 unspecified atom stereocenters. The topological polar surface area (TPSA) is 37.3 Å². The second-order valence-corrected chi connectivity index (χ2v) is 3.76. The molecule has 5 heteroatoms. The van der Waals surface area contributed by atoms with E-state index >= 15 is 0 Å². The summed E-state index contributed by atoms with van der Waals surface area (Å²) in [5, 5.41) is 8.50. The second kappa shape index (κ2) is 3.53. The van der Waals surface area contributed by atoms with E-state index in [2.05, 4.69) is 31.9 Å². The number of carboxylic acids is 1. The SMILES string of the molecule is O=C(O)c1cc(Br)c(Br)cc1F. The van der Waals surface area contributed by atoms with Gasteiger partial charge < -0.3 is 5.11 Å². The van der Waals surface area contributed by atoms with Crippen molar-refractivity contribution in [3.8, 4) is 0 Å². The summed E-state index contributed by atoms with van der Waals surface area (Å²) in [5.41, 5.74) is -0.343. The van der Waals surface area contributed by atoms with Crippen molar-refractivity contribution in [1.82, 2.24) is 0 Å². The summed E-state index contributed by atoms with van der Waals surface area (Å²) in [6.45, 7) is 0. The van der Waals surface area contributed by atoms with Crippen LogP contribution in [0.1, 0.15) is 10.4 Å². The normalized spacial score (nSPS) is 9.92. The highest BCUT2D eigenvalue weighted by atomic mass is 79.9. The molecule has 0 heterocycles. The summed E-state index contributed by atoms with van der Waals surface area (Å²) >= 11 is 6.12. The Balaban J connectivity index is 3.33. The first-order valence-electron chi connectivity index (χ1n) is 2.90. The highest BCUT2D eigenvalue weighted by Crippen LogP contribution is 2.25. The first-order valence-corrected chi connectivity index (χ1v) is 4.49. The van der Waals surface area contributed by atoms with Crippen molar-refractivity contribution < 1.29 is 14.3 Å². The van der Waals surface area contributed by atoms with Crippen LogP contribution in [-0.2, 0) is 0 Å². The standard InChI is InChI=1S/C7H3Br2FO2/c8-4-1-3(7(11)12)6(10)2-5(4)9/h1-2H,(H,11,12). The van der Waals surface area contributed by atoms with Gasteiger partial charge in [0.25, 0.3) is 0 Å². The van der Waals surface area contributed by atoms with Crippen molar-refractivity contribution in [1.29, 1.82) is 0 Å². The van der Waals surface area contributed by atoms with Crippen LogP contribution in [-0.4, -0.2) is 11.1 Å². The zero-order valence-corrected chi connectivity index (χ0v) is 8.82. The Kier molecular flexibility index (Phi) is 2.85. The van der Waals surface area contributed by atoms with Gasteiger partial charge in [0.05, 0.1) is 5.56 Å². The Hall–Kier alpha value is -0.420. The van der Waals surface area contributed by atoms with Crippen molar-refractivity contribution in [2.75, 3.05) is 0 Å². The van der Waals surface area contributed by atoms with Crippen molar-refractivity contribution in [2.24, 2.45) is 0 Å². The summed E-state index contributed by atoms with van der Waals surface area (Å²) in [6.07, 6.45) is 0. The van der Waals surface area contributed by atoms with Gasteiger partial charge in [0.2, 0.25) is 0 Å². The van der Waals surface area contributed by atoms with E-state index < -0.39 is 11.8 Å². The summed E-state index contributed by atoms with van der Waals surface area (Å²) in [6, 6.07) is 2.31. The second-order valence-electron chi connectivity index (χ2n) is 2.05. The molecule has 0 saturated carbocycles. The van der Waals surface area contributed by atoms with Gasteiger partial charge in [-0.3, -0.25) is 0 Å². The molecule has 1 rings (SSSR count). The molecule has 0 radical (unpaired) electrons. The lowest BCUT2D eigenvalue weighted by Gasteiger charge is -1.99.